The van der Waals surface area contributed by atoms with Crippen LogP contribution in [0.4, 0.5) is 14.6 Å². The van der Waals surface area contributed by atoms with E-state index in [0.29, 0.717) is 11.5 Å². The van der Waals surface area contributed by atoms with Crippen molar-refractivity contribution in [1.29, 1.82) is 5.41 Å². The van der Waals surface area contributed by atoms with Crippen molar-refractivity contribution in [2.45, 2.75) is 20.0 Å². The van der Waals surface area contributed by atoms with Crippen LogP contribution in [0.1, 0.15) is 18.9 Å². The van der Waals surface area contributed by atoms with Crippen molar-refractivity contribution in [1.82, 2.24) is 4.98 Å². The van der Waals surface area contributed by atoms with E-state index in [1.165, 1.54) is 24.4 Å². The second-order valence-corrected chi connectivity index (χ2v) is 6.68. The first kappa shape index (κ1) is 18.8. The smallest absolute Gasteiger partial charge is 0.313 e. The number of rotatable bonds is 6. The molecule has 1 aliphatic heterocycles. The van der Waals surface area contributed by atoms with Crippen LogP contribution in [0, 0.1) is 23.0 Å². The molecular weight excluding hydrogens is 354 g/mol. The fourth-order valence-electron chi connectivity index (χ4n) is 2.96. The Kier molecular flexibility index (Phi) is 5.34. The topological polar surface area (TPSA) is 92.3 Å². The summed E-state index contributed by atoms with van der Waals surface area (Å²) in [5.74, 6) is -1.38. The van der Waals surface area contributed by atoms with Gasteiger partial charge < -0.3 is 15.4 Å². The van der Waals surface area contributed by atoms with Gasteiger partial charge in [-0.1, -0.05) is 25.1 Å². The summed E-state index contributed by atoms with van der Waals surface area (Å²) in [6.07, 6.45) is 1.08. The highest BCUT2D eigenvalue weighted by atomic mass is 19.1. The third kappa shape index (κ3) is 4.21. The lowest BCUT2D eigenvalue weighted by Crippen LogP contribution is -2.46. The first-order chi connectivity index (χ1) is 12.8. The Morgan fingerprint density at radius 3 is 2.78 bits per heavy atom. The summed E-state index contributed by atoms with van der Waals surface area (Å²) in [7, 11) is 0. The Balaban J connectivity index is 1.78. The van der Waals surface area contributed by atoms with Gasteiger partial charge in [-0.05, 0) is 12.0 Å². The van der Waals surface area contributed by atoms with Crippen molar-refractivity contribution in [3.8, 4) is 11.1 Å². The molecule has 27 heavy (non-hydrogen) atoms. The maximum atomic E-state index is 14.8. The minimum atomic E-state index is -0.715. The summed E-state index contributed by atoms with van der Waals surface area (Å²) in [5.41, 5.74) is 5.74. The Bertz CT molecular complexity index is 882. The molecule has 0 unspecified atom stereocenters. The number of ether oxygens (including phenoxy) is 1. The molecule has 0 aliphatic carbocycles. The van der Waals surface area contributed by atoms with Crippen molar-refractivity contribution in [2.24, 2.45) is 11.7 Å². The van der Waals surface area contributed by atoms with E-state index >= 15 is 0 Å². The molecule has 1 aliphatic rings. The SMILES string of the molecule is CC1CN(c2ncc(-c3cccc(COC(=O)CC(=N)N)c3F)cc2F)C1. The zero-order valence-corrected chi connectivity index (χ0v) is 14.8. The van der Waals surface area contributed by atoms with Crippen LogP contribution in [0.3, 0.4) is 0 Å². The van der Waals surface area contributed by atoms with E-state index in [1.807, 2.05) is 4.90 Å². The number of benzene rings is 1. The quantitative estimate of drug-likeness (QED) is 0.461. The molecule has 6 nitrogen and oxygen atoms in total. The molecule has 2 aromatic rings. The van der Waals surface area contributed by atoms with E-state index in [1.54, 1.807) is 6.07 Å². The largest absolute Gasteiger partial charge is 0.460 e. The summed E-state index contributed by atoms with van der Waals surface area (Å²) >= 11 is 0. The number of esters is 1. The monoisotopic (exact) mass is 374 g/mol. The molecule has 1 aromatic carbocycles. The van der Waals surface area contributed by atoms with Crippen LogP contribution in [-0.4, -0.2) is 29.9 Å². The van der Waals surface area contributed by atoms with Gasteiger partial charge in [0, 0.05) is 36.0 Å². The fraction of sp³-hybridized carbons (Fsp3) is 0.316. The van der Waals surface area contributed by atoms with Crippen molar-refractivity contribution >= 4 is 17.6 Å². The number of hydrogen-bond acceptors (Lipinski definition) is 5. The van der Waals surface area contributed by atoms with E-state index in [9.17, 15) is 13.6 Å². The van der Waals surface area contributed by atoms with Crippen LogP contribution >= 0.6 is 0 Å². The second kappa shape index (κ2) is 7.69. The first-order valence-corrected chi connectivity index (χ1v) is 8.52. The lowest BCUT2D eigenvalue weighted by molar-refractivity contribution is -0.143. The van der Waals surface area contributed by atoms with Gasteiger partial charge in [0.2, 0.25) is 0 Å². The summed E-state index contributed by atoms with van der Waals surface area (Å²) in [6, 6.07) is 5.84. The van der Waals surface area contributed by atoms with E-state index in [2.05, 4.69) is 11.9 Å². The first-order valence-electron chi connectivity index (χ1n) is 8.52. The van der Waals surface area contributed by atoms with Crippen LogP contribution in [-0.2, 0) is 16.1 Å². The molecule has 1 aromatic heterocycles. The second-order valence-electron chi connectivity index (χ2n) is 6.68. The summed E-state index contributed by atoms with van der Waals surface area (Å²) in [4.78, 5) is 17.5. The molecule has 3 N–H and O–H groups in total. The van der Waals surface area contributed by atoms with Gasteiger partial charge in [-0.2, -0.15) is 0 Å². The van der Waals surface area contributed by atoms with Crippen molar-refractivity contribution in [2.75, 3.05) is 18.0 Å². The molecule has 1 fully saturated rings. The Morgan fingerprint density at radius 1 is 1.41 bits per heavy atom. The number of anilines is 1. The highest BCUT2D eigenvalue weighted by molar-refractivity contribution is 5.94. The zero-order chi connectivity index (χ0) is 19.6. The number of nitrogens with two attached hydrogens (primary N) is 1. The van der Waals surface area contributed by atoms with Gasteiger partial charge in [0.25, 0.3) is 0 Å². The fourth-order valence-corrected chi connectivity index (χ4v) is 2.96. The number of amidine groups is 1. The summed E-state index contributed by atoms with van der Waals surface area (Å²) in [5, 5.41) is 7.05. The third-order valence-corrected chi connectivity index (χ3v) is 4.30. The van der Waals surface area contributed by atoms with E-state index in [4.69, 9.17) is 15.9 Å². The van der Waals surface area contributed by atoms with Gasteiger partial charge in [0.05, 0.1) is 0 Å². The van der Waals surface area contributed by atoms with Crippen molar-refractivity contribution < 1.29 is 18.3 Å². The molecule has 0 saturated carbocycles. The van der Waals surface area contributed by atoms with Gasteiger partial charge in [0.1, 0.15) is 24.7 Å². The average molecular weight is 374 g/mol. The van der Waals surface area contributed by atoms with Crippen LogP contribution in [0.15, 0.2) is 30.5 Å². The minimum Gasteiger partial charge on any atom is -0.460 e. The predicted molar refractivity (Wildman–Crippen MR) is 97.3 cm³/mol. The normalized spacial score (nSPS) is 14.0. The van der Waals surface area contributed by atoms with E-state index < -0.39 is 17.6 Å². The highest BCUT2D eigenvalue weighted by Gasteiger charge is 2.26. The molecule has 0 atom stereocenters. The van der Waals surface area contributed by atoms with Crippen molar-refractivity contribution in [3.63, 3.8) is 0 Å². The molecule has 8 heteroatoms. The molecule has 1 saturated heterocycles. The van der Waals surface area contributed by atoms with Crippen LogP contribution in [0.2, 0.25) is 0 Å². The Hall–Kier alpha value is -3.03. The lowest BCUT2D eigenvalue weighted by Gasteiger charge is -2.38. The molecule has 0 bridgehead atoms. The number of aromatic nitrogens is 1. The van der Waals surface area contributed by atoms with Crippen LogP contribution in [0.25, 0.3) is 11.1 Å². The highest BCUT2D eigenvalue weighted by Crippen LogP contribution is 2.30. The number of hydrogen-bond donors (Lipinski definition) is 2. The van der Waals surface area contributed by atoms with E-state index in [-0.39, 0.29) is 35.8 Å². The number of pyridine rings is 1. The Labute approximate surface area is 155 Å². The lowest BCUT2D eigenvalue weighted by atomic mass is 10.0. The van der Waals surface area contributed by atoms with Crippen LogP contribution < -0.4 is 10.6 Å². The maximum Gasteiger partial charge on any atom is 0.313 e. The number of nitrogens with zero attached hydrogens (tertiary/aromatic N) is 2. The summed E-state index contributed by atoms with van der Waals surface area (Å²) in [6.45, 7) is 3.27. The molecule has 3 rings (SSSR count). The standard InChI is InChI=1S/C19H20F2N4O2/c1-11-8-25(9-11)19-15(20)5-13(7-24-19)14-4-2-3-12(18(14)21)10-27-17(26)6-16(22)23/h2-5,7,11H,6,8-10H2,1H3,(H3,22,23). The van der Waals surface area contributed by atoms with Gasteiger partial charge in [-0.25, -0.2) is 13.8 Å². The molecule has 2 heterocycles. The third-order valence-electron chi connectivity index (χ3n) is 4.30. The zero-order valence-electron chi connectivity index (χ0n) is 14.8. The molecule has 0 spiro atoms. The molecule has 142 valence electrons. The average Bonchev–Trinajstić information content (AvgIpc) is 2.58. The van der Waals surface area contributed by atoms with Gasteiger partial charge in [0.15, 0.2) is 11.6 Å². The number of carbonyl (C=O) groups excluding carboxylic acids is 1. The van der Waals surface area contributed by atoms with E-state index in [0.717, 1.165) is 13.1 Å². The van der Waals surface area contributed by atoms with Crippen LogP contribution in [0.5, 0.6) is 0 Å². The molecule has 0 radical (unpaired) electrons. The molecular formula is C19H20F2N4O2. The number of halogens is 2. The minimum absolute atomic E-state index is 0.144. The van der Waals surface area contributed by atoms with Gasteiger partial charge in [-0.15, -0.1) is 0 Å². The number of nitrogens with one attached hydrogen (secondary N) is 1. The molecule has 0 amide bonds. The maximum absolute atomic E-state index is 14.8. The Morgan fingerprint density at radius 2 is 2.15 bits per heavy atom. The summed E-state index contributed by atoms with van der Waals surface area (Å²) < 4.78 is 34.1. The van der Waals surface area contributed by atoms with Crippen molar-refractivity contribution in [3.05, 3.63) is 47.7 Å². The number of carbonyl (C=O) groups is 1. The predicted octanol–water partition coefficient (Wildman–Crippen LogP) is 2.85. The van der Waals surface area contributed by atoms with Gasteiger partial charge >= 0.3 is 5.97 Å². The van der Waals surface area contributed by atoms with Gasteiger partial charge in [-0.3, -0.25) is 10.2 Å².